The molecule has 3 heteroatoms. The van der Waals surface area contributed by atoms with Gasteiger partial charge in [0.25, 0.3) is 5.91 Å². The molecule has 26 heavy (non-hydrogen) atoms. The van der Waals surface area contributed by atoms with Crippen molar-refractivity contribution >= 4 is 5.91 Å². The van der Waals surface area contributed by atoms with Crippen molar-refractivity contribution in [3.8, 4) is 16.9 Å². The molecule has 0 radical (unpaired) electrons. The summed E-state index contributed by atoms with van der Waals surface area (Å²) in [6.45, 7) is 8.01. The lowest BCUT2D eigenvalue weighted by molar-refractivity contribution is 0.0937. The first-order chi connectivity index (χ1) is 12.5. The van der Waals surface area contributed by atoms with Crippen LogP contribution in [0, 0.1) is 11.3 Å². The Kier molecular flexibility index (Phi) is 5.65. The quantitative estimate of drug-likeness (QED) is 0.766. The third kappa shape index (κ3) is 4.27. The maximum absolute atomic E-state index is 12.5. The summed E-state index contributed by atoms with van der Waals surface area (Å²) in [5.41, 5.74) is 3.23. The Morgan fingerprint density at radius 1 is 1.15 bits per heavy atom. The summed E-state index contributed by atoms with van der Waals surface area (Å²) in [5, 5.41) is 3.12. The highest BCUT2D eigenvalue weighted by atomic mass is 16.5. The van der Waals surface area contributed by atoms with E-state index in [9.17, 15) is 4.79 Å². The van der Waals surface area contributed by atoms with Gasteiger partial charge in [-0.15, -0.1) is 0 Å². The SMILES string of the molecule is CCOc1cccc(-c2ccc(C(=O)NCC3CCCC3(C)C)cc2)c1. The van der Waals surface area contributed by atoms with E-state index in [-0.39, 0.29) is 5.91 Å². The number of hydrogen-bond donors (Lipinski definition) is 1. The van der Waals surface area contributed by atoms with Gasteiger partial charge in [0.2, 0.25) is 0 Å². The van der Waals surface area contributed by atoms with Crippen LogP contribution in [-0.2, 0) is 0 Å². The van der Waals surface area contributed by atoms with Crippen molar-refractivity contribution in [2.75, 3.05) is 13.2 Å². The first-order valence-corrected chi connectivity index (χ1v) is 9.61. The first kappa shape index (κ1) is 18.5. The van der Waals surface area contributed by atoms with E-state index in [0.29, 0.717) is 23.5 Å². The summed E-state index contributed by atoms with van der Waals surface area (Å²) >= 11 is 0. The minimum Gasteiger partial charge on any atom is -0.494 e. The Morgan fingerprint density at radius 2 is 1.92 bits per heavy atom. The smallest absolute Gasteiger partial charge is 0.251 e. The molecular weight excluding hydrogens is 322 g/mol. The van der Waals surface area contributed by atoms with E-state index in [2.05, 4.69) is 25.2 Å². The standard InChI is InChI=1S/C23H29NO2/c1-4-26-21-9-5-7-19(15-21)17-10-12-18(13-11-17)22(25)24-16-20-8-6-14-23(20,2)3/h5,7,9-13,15,20H,4,6,8,14,16H2,1-3H3,(H,24,25). The Morgan fingerprint density at radius 3 is 2.58 bits per heavy atom. The molecule has 1 saturated carbocycles. The largest absolute Gasteiger partial charge is 0.494 e. The second-order valence-corrected chi connectivity index (χ2v) is 7.83. The van der Waals surface area contributed by atoms with Crippen LogP contribution in [0.2, 0.25) is 0 Å². The summed E-state index contributed by atoms with van der Waals surface area (Å²) in [6, 6.07) is 15.8. The van der Waals surface area contributed by atoms with Crippen molar-refractivity contribution < 1.29 is 9.53 Å². The summed E-state index contributed by atoms with van der Waals surface area (Å²) in [5.74, 6) is 1.46. The summed E-state index contributed by atoms with van der Waals surface area (Å²) in [6.07, 6.45) is 3.73. The fourth-order valence-corrected chi connectivity index (χ4v) is 3.84. The minimum atomic E-state index is 0.0160. The number of amides is 1. The van der Waals surface area contributed by atoms with Gasteiger partial charge in [-0.05, 0) is 66.5 Å². The van der Waals surface area contributed by atoms with E-state index in [1.165, 1.54) is 19.3 Å². The van der Waals surface area contributed by atoms with E-state index in [1.54, 1.807) is 0 Å². The van der Waals surface area contributed by atoms with Crippen LogP contribution >= 0.6 is 0 Å². The van der Waals surface area contributed by atoms with Crippen molar-refractivity contribution in [2.45, 2.75) is 40.0 Å². The van der Waals surface area contributed by atoms with Crippen LogP contribution in [0.4, 0.5) is 0 Å². The molecule has 0 saturated heterocycles. The van der Waals surface area contributed by atoms with Crippen LogP contribution in [0.5, 0.6) is 5.75 Å². The highest BCUT2D eigenvalue weighted by Crippen LogP contribution is 2.42. The summed E-state index contributed by atoms with van der Waals surface area (Å²) in [7, 11) is 0. The number of rotatable bonds is 6. The van der Waals surface area contributed by atoms with E-state index >= 15 is 0 Å². The van der Waals surface area contributed by atoms with E-state index < -0.39 is 0 Å². The van der Waals surface area contributed by atoms with Crippen LogP contribution in [0.3, 0.4) is 0 Å². The Bertz CT molecular complexity index is 749. The lowest BCUT2D eigenvalue weighted by Gasteiger charge is -2.27. The van der Waals surface area contributed by atoms with E-state index in [1.807, 2.05) is 49.4 Å². The number of ether oxygens (including phenoxy) is 1. The number of hydrogen-bond acceptors (Lipinski definition) is 2. The van der Waals surface area contributed by atoms with Gasteiger partial charge in [0.15, 0.2) is 0 Å². The summed E-state index contributed by atoms with van der Waals surface area (Å²) in [4.78, 5) is 12.5. The molecule has 0 spiro atoms. The zero-order valence-electron chi connectivity index (χ0n) is 16.0. The highest BCUT2D eigenvalue weighted by Gasteiger charge is 2.34. The topological polar surface area (TPSA) is 38.3 Å². The van der Waals surface area contributed by atoms with Crippen LogP contribution in [0.15, 0.2) is 48.5 Å². The van der Waals surface area contributed by atoms with Crippen LogP contribution in [0.25, 0.3) is 11.1 Å². The van der Waals surface area contributed by atoms with Crippen molar-refractivity contribution in [1.29, 1.82) is 0 Å². The molecule has 1 amide bonds. The van der Waals surface area contributed by atoms with Gasteiger partial charge >= 0.3 is 0 Å². The summed E-state index contributed by atoms with van der Waals surface area (Å²) < 4.78 is 5.56. The number of benzene rings is 2. The van der Waals surface area contributed by atoms with Crippen LogP contribution in [0.1, 0.15) is 50.4 Å². The van der Waals surface area contributed by atoms with Crippen molar-refractivity contribution in [2.24, 2.45) is 11.3 Å². The van der Waals surface area contributed by atoms with Crippen LogP contribution in [-0.4, -0.2) is 19.1 Å². The molecule has 138 valence electrons. The van der Waals surface area contributed by atoms with Crippen molar-refractivity contribution in [3.63, 3.8) is 0 Å². The second-order valence-electron chi connectivity index (χ2n) is 7.83. The third-order valence-corrected chi connectivity index (χ3v) is 5.61. The molecule has 0 aliphatic heterocycles. The molecule has 3 rings (SSSR count). The molecule has 0 bridgehead atoms. The van der Waals surface area contributed by atoms with Gasteiger partial charge in [0, 0.05) is 12.1 Å². The molecule has 1 unspecified atom stereocenters. The van der Waals surface area contributed by atoms with Gasteiger partial charge in [-0.1, -0.05) is 44.5 Å². The molecule has 1 fully saturated rings. The zero-order chi connectivity index (χ0) is 18.6. The van der Waals surface area contributed by atoms with Gasteiger partial charge in [-0.3, -0.25) is 4.79 Å². The van der Waals surface area contributed by atoms with Gasteiger partial charge in [0.05, 0.1) is 6.61 Å². The van der Waals surface area contributed by atoms with Gasteiger partial charge in [0.1, 0.15) is 5.75 Å². The molecule has 0 heterocycles. The van der Waals surface area contributed by atoms with Crippen molar-refractivity contribution in [1.82, 2.24) is 5.32 Å². The molecule has 3 nitrogen and oxygen atoms in total. The maximum atomic E-state index is 12.5. The van der Waals surface area contributed by atoms with E-state index in [0.717, 1.165) is 23.4 Å². The predicted molar refractivity (Wildman–Crippen MR) is 107 cm³/mol. The normalized spacial score (nSPS) is 18.5. The predicted octanol–water partition coefficient (Wildman–Crippen LogP) is 5.31. The molecule has 1 atom stereocenters. The third-order valence-electron chi connectivity index (χ3n) is 5.61. The lowest BCUT2D eigenvalue weighted by Crippen LogP contribution is -2.33. The molecule has 2 aromatic rings. The monoisotopic (exact) mass is 351 g/mol. The highest BCUT2D eigenvalue weighted by molar-refractivity contribution is 5.94. The second kappa shape index (κ2) is 7.94. The number of carbonyl (C=O) groups is 1. The molecular formula is C23H29NO2. The number of nitrogens with one attached hydrogen (secondary N) is 1. The number of carbonyl (C=O) groups excluding carboxylic acids is 1. The van der Waals surface area contributed by atoms with E-state index in [4.69, 9.17) is 4.74 Å². The molecule has 2 aromatic carbocycles. The Labute approximate surface area is 156 Å². The minimum absolute atomic E-state index is 0.0160. The van der Waals surface area contributed by atoms with Gasteiger partial charge in [-0.2, -0.15) is 0 Å². The van der Waals surface area contributed by atoms with Crippen molar-refractivity contribution in [3.05, 3.63) is 54.1 Å². The average Bonchev–Trinajstić information content (AvgIpc) is 2.98. The Hall–Kier alpha value is -2.29. The molecule has 1 aliphatic rings. The zero-order valence-corrected chi connectivity index (χ0v) is 16.0. The molecule has 0 aromatic heterocycles. The fourth-order valence-electron chi connectivity index (χ4n) is 3.84. The van der Waals surface area contributed by atoms with Gasteiger partial charge in [-0.25, -0.2) is 0 Å². The molecule has 1 aliphatic carbocycles. The first-order valence-electron chi connectivity index (χ1n) is 9.61. The lowest BCUT2D eigenvalue weighted by atomic mass is 9.82. The van der Waals surface area contributed by atoms with Crippen LogP contribution < -0.4 is 10.1 Å². The fraction of sp³-hybridized carbons (Fsp3) is 0.435. The van der Waals surface area contributed by atoms with Gasteiger partial charge < -0.3 is 10.1 Å². The Balaban J connectivity index is 1.63. The average molecular weight is 351 g/mol. The molecule has 1 N–H and O–H groups in total. The maximum Gasteiger partial charge on any atom is 0.251 e.